The van der Waals surface area contributed by atoms with Gasteiger partial charge in [0.05, 0.1) is 20.2 Å². The topological polar surface area (TPSA) is 144 Å². The molecular weight excluding hydrogens is 476 g/mol. The molecule has 11 heteroatoms. The summed E-state index contributed by atoms with van der Waals surface area (Å²) < 4.78 is 5.25. The van der Waals surface area contributed by atoms with Gasteiger partial charge in [-0.2, -0.15) is 0 Å². The number of nitrogens with one attached hydrogen (secondary N) is 4. The lowest BCUT2D eigenvalue weighted by molar-refractivity contribution is -0.122. The Morgan fingerprint density at radius 3 is 2.65 bits per heavy atom. The van der Waals surface area contributed by atoms with Crippen molar-refractivity contribution in [3.8, 4) is 17.6 Å². The van der Waals surface area contributed by atoms with Crippen LogP contribution in [-0.4, -0.2) is 79.7 Å². The monoisotopic (exact) mass is 504 g/mol. The summed E-state index contributed by atoms with van der Waals surface area (Å²) in [5.74, 6) is 5.96. The predicted molar refractivity (Wildman–Crippen MR) is 136 cm³/mol. The number of hydrogen-bond acceptors (Lipinski definition) is 7. The van der Waals surface area contributed by atoms with Crippen molar-refractivity contribution in [1.82, 2.24) is 26.3 Å². The van der Waals surface area contributed by atoms with Crippen molar-refractivity contribution in [3.05, 3.63) is 64.7 Å². The van der Waals surface area contributed by atoms with Crippen LogP contribution in [-0.2, 0) is 11.2 Å². The van der Waals surface area contributed by atoms with Crippen LogP contribution in [0.1, 0.15) is 27.0 Å². The minimum atomic E-state index is -1.60. The SMILES string of the molecule is CNCCN=C(NO)c1ccc(C#CC2(CN3CCc4cc(OC)ccc4C3=O)NC(=O)NC2=O)cc1. The Hall–Kier alpha value is -4.40. The number of aliphatic imine (C=N–C) groups is 1. The minimum Gasteiger partial charge on any atom is -0.497 e. The number of carbonyl (C=O) groups is 3. The average Bonchev–Trinajstić information content (AvgIpc) is 3.19. The number of carbonyl (C=O) groups excluding carboxylic acids is 3. The van der Waals surface area contributed by atoms with Gasteiger partial charge in [0.1, 0.15) is 5.75 Å². The number of likely N-dealkylation sites (N-methyl/N-ethyl adjacent to an activating group) is 1. The molecule has 4 amide bonds. The van der Waals surface area contributed by atoms with Crippen LogP contribution in [0.5, 0.6) is 5.75 Å². The van der Waals surface area contributed by atoms with Crippen LogP contribution in [0.15, 0.2) is 47.5 Å². The molecule has 0 saturated carbocycles. The molecular formula is C26H28N6O5. The highest BCUT2D eigenvalue weighted by Crippen LogP contribution is 2.25. The summed E-state index contributed by atoms with van der Waals surface area (Å²) in [6.07, 6.45) is 0.579. The molecule has 0 aliphatic carbocycles. The lowest BCUT2D eigenvalue weighted by atomic mass is 9.94. The second kappa shape index (κ2) is 11.1. The van der Waals surface area contributed by atoms with Gasteiger partial charge in [-0.15, -0.1) is 0 Å². The summed E-state index contributed by atoms with van der Waals surface area (Å²) in [6, 6.07) is 11.5. The van der Waals surface area contributed by atoms with E-state index in [-0.39, 0.29) is 12.5 Å². The third kappa shape index (κ3) is 5.55. The molecule has 2 aromatic rings. The maximum atomic E-state index is 13.2. The van der Waals surface area contributed by atoms with Gasteiger partial charge in [-0.1, -0.05) is 11.8 Å². The Kier molecular flexibility index (Phi) is 7.71. The molecule has 2 aliphatic heterocycles. The van der Waals surface area contributed by atoms with Crippen LogP contribution in [0.25, 0.3) is 0 Å². The Balaban J connectivity index is 1.56. The summed E-state index contributed by atoms with van der Waals surface area (Å²) in [6.45, 7) is 1.40. The molecule has 1 fully saturated rings. The number of hydroxylamine groups is 1. The number of ether oxygens (including phenoxy) is 1. The zero-order valence-electron chi connectivity index (χ0n) is 20.6. The van der Waals surface area contributed by atoms with E-state index in [0.717, 1.165) is 5.56 Å². The summed E-state index contributed by atoms with van der Waals surface area (Å²) in [4.78, 5) is 43.9. The number of imide groups is 1. The molecule has 1 atom stereocenters. The van der Waals surface area contributed by atoms with E-state index >= 15 is 0 Å². The molecule has 192 valence electrons. The maximum Gasteiger partial charge on any atom is 0.323 e. The number of nitrogens with zero attached hydrogens (tertiary/aromatic N) is 2. The molecule has 0 bridgehead atoms. The molecule has 2 heterocycles. The lowest BCUT2D eigenvalue weighted by Crippen LogP contribution is -2.56. The van der Waals surface area contributed by atoms with Gasteiger partial charge in [0.25, 0.3) is 11.8 Å². The second-order valence-electron chi connectivity index (χ2n) is 8.59. The highest BCUT2D eigenvalue weighted by Gasteiger charge is 2.47. The summed E-state index contributed by atoms with van der Waals surface area (Å²) in [5.41, 5.74) is 3.12. The molecule has 37 heavy (non-hydrogen) atoms. The smallest absolute Gasteiger partial charge is 0.323 e. The first kappa shape index (κ1) is 25.7. The zero-order chi connectivity index (χ0) is 26.4. The largest absolute Gasteiger partial charge is 0.497 e. The number of amides is 4. The van der Waals surface area contributed by atoms with Gasteiger partial charge in [0, 0.05) is 29.8 Å². The van der Waals surface area contributed by atoms with Crippen molar-refractivity contribution in [2.75, 3.05) is 40.3 Å². The van der Waals surface area contributed by atoms with E-state index in [2.05, 4.69) is 38.3 Å². The number of rotatable bonds is 7. The van der Waals surface area contributed by atoms with Gasteiger partial charge in [0.2, 0.25) is 5.54 Å². The van der Waals surface area contributed by atoms with Crippen molar-refractivity contribution in [1.29, 1.82) is 0 Å². The molecule has 2 aliphatic rings. The third-order valence-electron chi connectivity index (χ3n) is 6.17. The van der Waals surface area contributed by atoms with E-state index in [1.54, 1.807) is 43.5 Å². The predicted octanol–water partition coefficient (Wildman–Crippen LogP) is 0.268. The van der Waals surface area contributed by atoms with Gasteiger partial charge in [-0.05, 0) is 61.5 Å². The Bertz CT molecular complexity index is 1300. The zero-order valence-corrected chi connectivity index (χ0v) is 20.6. The molecule has 5 N–H and O–H groups in total. The molecule has 0 radical (unpaired) electrons. The van der Waals surface area contributed by atoms with E-state index in [0.29, 0.717) is 54.3 Å². The standard InChI is InChI=1S/C26H28N6O5/c1-27-12-13-28-22(31-36)18-5-3-17(4-6-18)9-11-26(24(34)29-25(35)30-26)16-32-14-10-19-15-20(37-2)7-8-21(19)23(32)33/h3-8,15,27,36H,10,12-14,16H2,1-2H3,(H,28,31)(H2,29,30,34,35). The number of urea groups is 1. The Morgan fingerprint density at radius 1 is 1.22 bits per heavy atom. The van der Waals surface area contributed by atoms with Crippen LogP contribution in [0.3, 0.4) is 0 Å². The molecule has 1 saturated heterocycles. The van der Waals surface area contributed by atoms with Gasteiger partial charge >= 0.3 is 6.03 Å². The van der Waals surface area contributed by atoms with E-state index < -0.39 is 17.5 Å². The molecule has 11 nitrogen and oxygen atoms in total. The van der Waals surface area contributed by atoms with Crippen molar-refractivity contribution in [2.24, 2.45) is 4.99 Å². The Morgan fingerprint density at radius 2 is 2.00 bits per heavy atom. The summed E-state index contributed by atoms with van der Waals surface area (Å²) in [7, 11) is 3.38. The fourth-order valence-corrected chi connectivity index (χ4v) is 4.17. The van der Waals surface area contributed by atoms with Crippen LogP contribution < -0.4 is 26.2 Å². The first-order valence-corrected chi connectivity index (χ1v) is 11.7. The molecule has 2 aromatic carbocycles. The van der Waals surface area contributed by atoms with Crippen LogP contribution in [0.2, 0.25) is 0 Å². The highest BCUT2D eigenvalue weighted by atomic mass is 16.5. The van der Waals surface area contributed by atoms with Gasteiger partial charge in [-0.25, -0.2) is 4.79 Å². The maximum absolute atomic E-state index is 13.2. The quantitative estimate of drug-likeness (QED) is 0.0909. The number of methoxy groups -OCH3 is 1. The summed E-state index contributed by atoms with van der Waals surface area (Å²) in [5, 5.41) is 17.2. The van der Waals surface area contributed by atoms with Crippen molar-refractivity contribution in [2.45, 2.75) is 12.0 Å². The summed E-state index contributed by atoms with van der Waals surface area (Å²) >= 11 is 0. The van der Waals surface area contributed by atoms with Crippen molar-refractivity contribution in [3.63, 3.8) is 0 Å². The normalized spacial score (nSPS) is 18.9. The van der Waals surface area contributed by atoms with E-state index in [4.69, 9.17) is 4.74 Å². The number of benzene rings is 2. The minimum absolute atomic E-state index is 0.101. The molecule has 0 aromatic heterocycles. The van der Waals surface area contributed by atoms with Crippen LogP contribution in [0.4, 0.5) is 4.79 Å². The van der Waals surface area contributed by atoms with E-state index in [1.807, 2.05) is 13.1 Å². The van der Waals surface area contributed by atoms with Gasteiger partial charge < -0.3 is 20.3 Å². The second-order valence-corrected chi connectivity index (χ2v) is 8.59. The van der Waals surface area contributed by atoms with Gasteiger partial charge in [-0.3, -0.25) is 30.6 Å². The molecule has 4 rings (SSSR count). The average molecular weight is 505 g/mol. The first-order valence-electron chi connectivity index (χ1n) is 11.7. The number of hydrogen-bond donors (Lipinski definition) is 5. The van der Waals surface area contributed by atoms with Crippen LogP contribution in [0, 0.1) is 11.8 Å². The van der Waals surface area contributed by atoms with E-state index in [1.165, 1.54) is 4.90 Å². The molecule has 0 spiro atoms. The number of amidine groups is 1. The fourth-order valence-electron chi connectivity index (χ4n) is 4.17. The van der Waals surface area contributed by atoms with Crippen LogP contribution >= 0.6 is 0 Å². The van der Waals surface area contributed by atoms with Crippen molar-refractivity contribution >= 4 is 23.7 Å². The lowest BCUT2D eigenvalue weighted by Gasteiger charge is -2.33. The highest BCUT2D eigenvalue weighted by molar-refractivity contribution is 6.10. The fraction of sp³-hybridized carbons (Fsp3) is 0.308. The number of fused-ring (bicyclic) bond motifs is 1. The Labute approximate surface area is 214 Å². The van der Waals surface area contributed by atoms with E-state index in [9.17, 15) is 19.6 Å². The molecule has 1 unspecified atom stereocenters. The third-order valence-corrected chi connectivity index (χ3v) is 6.17. The van der Waals surface area contributed by atoms with Gasteiger partial charge in [0.15, 0.2) is 5.84 Å². The van der Waals surface area contributed by atoms with Crippen molar-refractivity contribution < 1.29 is 24.3 Å². The first-order chi connectivity index (χ1) is 17.9.